The number of likely N-dealkylation sites (tertiary alicyclic amines) is 1. The van der Waals surface area contributed by atoms with Crippen LogP contribution in [0.1, 0.15) is 30.1 Å². The van der Waals surface area contributed by atoms with E-state index in [1.54, 1.807) is 12.1 Å². The molecule has 122 valence electrons. The van der Waals surface area contributed by atoms with Crippen LogP contribution in [0, 0.1) is 5.82 Å². The minimum absolute atomic E-state index is 0.0625. The highest BCUT2D eigenvalue weighted by Crippen LogP contribution is 2.21. The number of benzene rings is 1. The van der Waals surface area contributed by atoms with E-state index in [1.165, 1.54) is 12.1 Å². The van der Waals surface area contributed by atoms with Crippen LogP contribution in [0.25, 0.3) is 6.08 Å². The molecule has 0 spiro atoms. The van der Waals surface area contributed by atoms with E-state index in [0.717, 1.165) is 38.0 Å². The maximum absolute atomic E-state index is 12.8. The zero-order chi connectivity index (χ0) is 16.1. The molecule has 0 unspecified atom stereocenters. The van der Waals surface area contributed by atoms with Crippen LogP contribution in [0.15, 0.2) is 36.5 Å². The molecule has 23 heavy (non-hydrogen) atoms. The summed E-state index contributed by atoms with van der Waals surface area (Å²) in [7, 11) is 0. The van der Waals surface area contributed by atoms with E-state index in [-0.39, 0.29) is 12.4 Å². The van der Waals surface area contributed by atoms with Crippen molar-refractivity contribution >= 4 is 6.08 Å². The van der Waals surface area contributed by atoms with E-state index in [4.69, 9.17) is 5.11 Å². The fraction of sp³-hybridized carbons (Fsp3) is 0.412. The van der Waals surface area contributed by atoms with Gasteiger partial charge in [-0.05, 0) is 30.5 Å². The summed E-state index contributed by atoms with van der Waals surface area (Å²) in [5.41, 5.74) is 1.63. The fourth-order valence-corrected chi connectivity index (χ4v) is 2.84. The lowest BCUT2D eigenvalue weighted by atomic mass is 10.1. The minimum Gasteiger partial charge on any atom is -0.390 e. The second-order valence-electron chi connectivity index (χ2n) is 5.83. The summed E-state index contributed by atoms with van der Waals surface area (Å²) in [6.45, 7) is 2.84. The van der Waals surface area contributed by atoms with Crippen molar-refractivity contribution in [2.24, 2.45) is 0 Å². The maximum atomic E-state index is 12.8. The molecule has 0 aliphatic carbocycles. The van der Waals surface area contributed by atoms with Crippen LogP contribution in [0.5, 0.6) is 0 Å². The molecule has 0 radical (unpaired) electrons. The first-order valence-corrected chi connectivity index (χ1v) is 7.90. The smallest absolute Gasteiger partial charge is 0.123 e. The highest BCUT2D eigenvalue weighted by Gasteiger charge is 2.20. The van der Waals surface area contributed by atoms with Crippen LogP contribution < -0.4 is 0 Å². The molecule has 1 saturated heterocycles. The van der Waals surface area contributed by atoms with Gasteiger partial charge in [0.25, 0.3) is 0 Å². The summed E-state index contributed by atoms with van der Waals surface area (Å²) in [4.78, 5) is 2.39. The Morgan fingerprint density at radius 1 is 1.22 bits per heavy atom. The van der Waals surface area contributed by atoms with Crippen molar-refractivity contribution in [3.63, 3.8) is 0 Å². The Balaban J connectivity index is 1.46. The van der Waals surface area contributed by atoms with E-state index in [9.17, 15) is 4.39 Å². The number of halogens is 1. The lowest BCUT2D eigenvalue weighted by Crippen LogP contribution is -2.34. The van der Waals surface area contributed by atoms with Crippen LogP contribution in [0.4, 0.5) is 4.39 Å². The van der Waals surface area contributed by atoms with E-state index < -0.39 is 0 Å². The highest BCUT2D eigenvalue weighted by molar-refractivity contribution is 5.48. The lowest BCUT2D eigenvalue weighted by Gasteiger charge is -2.30. The first-order valence-electron chi connectivity index (χ1n) is 7.90. The Bertz CT molecular complexity index is 645. The molecular weight excluding hydrogens is 295 g/mol. The topological polar surface area (TPSA) is 54.2 Å². The second-order valence-corrected chi connectivity index (χ2v) is 5.83. The number of aliphatic hydroxyl groups is 1. The predicted octanol–water partition coefficient (Wildman–Crippen LogP) is 2.26. The van der Waals surface area contributed by atoms with Gasteiger partial charge in [-0.25, -0.2) is 9.07 Å². The summed E-state index contributed by atoms with van der Waals surface area (Å²) >= 11 is 0. The predicted molar refractivity (Wildman–Crippen MR) is 86.1 cm³/mol. The number of hydrogen-bond donors (Lipinski definition) is 1. The van der Waals surface area contributed by atoms with E-state index in [1.807, 2.05) is 17.0 Å². The Labute approximate surface area is 135 Å². The SMILES string of the molecule is OCc1cn(C2CCN(C/C=C/c3ccc(F)cc3)CC2)nn1. The molecule has 0 atom stereocenters. The third-order valence-electron chi connectivity index (χ3n) is 4.19. The fourth-order valence-electron chi connectivity index (χ4n) is 2.84. The van der Waals surface area contributed by atoms with Crippen molar-refractivity contribution in [3.8, 4) is 0 Å². The quantitative estimate of drug-likeness (QED) is 0.919. The second kappa shape index (κ2) is 7.48. The number of hydrogen-bond acceptors (Lipinski definition) is 4. The summed E-state index contributed by atoms with van der Waals surface area (Å²) in [5, 5.41) is 17.1. The zero-order valence-corrected chi connectivity index (χ0v) is 13.0. The van der Waals surface area contributed by atoms with E-state index in [0.29, 0.717) is 11.7 Å². The molecule has 1 aromatic heterocycles. The van der Waals surface area contributed by atoms with Gasteiger partial charge in [-0.15, -0.1) is 5.10 Å². The number of aromatic nitrogens is 3. The highest BCUT2D eigenvalue weighted by atomic mass is 19.1. The molecular formula is C17H21FN4O. The molecule has 3 rings (SSSR count). The van der Waals surface area contributed by atoms with Gasteiger partial charge in [-0.2, -0.15) is 0 Å². The molecule has 0 amide bonds. The third kappa shape index (κ3) is 4.24. The van der Waals surface area contributed by atoms with Gasteiger partial charge in [-0.3, -0.25) is 4.90 Å². The number of piperidine rings is 1. The molecule has 0 saturated carbocycles. The third-order valence-corrected chi connectivity index (χ3v) is 4.19. The molecule has 1 N–H and O–H groups in total. The average molecular weight is 316 g/mol. The van der Waals surface area contributed by atoms with Crippen molar-refractivity contribution in [2.75, 3.05) is 19.6 Å². The van der Waals surface area contributed by atoms with Gasteiger partial charge in [0.1, 0.15) is 11.5 Å². The Morgan fingerprint density at radius 3 is 2.61 bits per heavy atom. The monoisotopic (exact) mass is 316 g/mol. The average Bonchev–Trinajstić information content (AvgIpc) is 3.06. The largest absolute Gasteiger partial charge is 0.390 e. The van der Waals surface area contributed by atoms with Gasteiger partial charge >= 0.3 is 0 Å². The van der Waals surface area contributed by atoms with Crippen molar-refractivity contribution in [2.45, 2.75) is 25.5 Å². The van der Waals surface area contributed by atoms with Crippen molar-refractivity contribution in [1.82, 2.24) is 19.9 Å². The van der Waals surface area contributed by atoms with Crippen LogP contribution >= 0.6 is 0 Å². The van der Waals surface area contributed by atoms with Gasteiger partial charge in [0.15, 0.2) is 0 Å². The first-order chi connectivity index (χ1) is 11.2. The van der Waals surface area contributed by atoms with Crippen LogP contribution in [0.2, 0.25) is 0 Å². The number of nitrogens with zero attached hydrogens (tertiary/aromatic N) is 4. The van der Waals surface area contributed by atoms with Crippen LogP contribution in [0.3, 0.4) is 0 Å². The Hall–Kier alpha value is -2.05. The van der Waals surface area contributed by atoms with E-state index in [2.05, 4.69) is 21.3 Å². The number of aliphatic hydroxyl groups excluding tert-OH is 1. The van der Waals surface area contributed by atoms with Crippen LogP contribution in [-0.4, -0.2) is 44.6 Å². The normalized spacial score (nSPS) is 17.1. The maximum Gasteiger partial charge on any atom is 0.123 e. The van der Waals surface area contributed by atoms with Gasteiger partial charge in [0, 0.05) is 19.6 Å². The Kier molecular flexibility index (Phi) is 5.15. The molecule has 0 bridgehead atoms. The van der Waals surface area contributed by atoms with Gasteiger partial charge in [0.05, 0.1) is 18.8 Å². The number of rotatable bonds is 5. The van der Waals surface area contributed by atoms with Gasteiger partial charge in [-0.1, -0.05) is 29.5 Å². The standard InChI is InChI=1S/C17H21FN4O/c18-15-5-3-14(4-6-15)2-1-9-21-10-7-17(8-11-21)22-12-16(13-23)19-20-22/h1-6,12,17,23H,7-11,13H2/b2-1+. The Morgan fingerprint density at radius 2 is 1.96 bits per heavy atom. The molecule has 5 nitrogen and oxygen atoms in total. The van der Waals surface area contributed by atoms with Crippen LogP contribution in [-0.2, 0) is 6.61 Å². The van der Waals surface area contributed by atoms with Gasteiger partial charge < -0.3 is 5.11 Å². The molecule has 2 heterocycles. The molecule has 1 aliphatic heterocycles. The molecule has 2 aromatic rings. The van der Waals surface area contributed by atoms with Crippen molar-refractivity contribution in [3.05, 3.63) is 53.6 Å². The molecule has 1 aromatic carbocycles. The lowest BCUT2D eigenvalue weighted by molar-refractivity contribution is 0.194. The molecule has 1 aliphatic rings. The van der Waals surface area contributed by atoms with Gasteiger partial charge in [0.2, 0.25) is 0 Å². The summed E-state index contributed by atoms with van der Waals surface area (Å²) < 4.78 is 14.7. The van der Waals surface area contributed by atoms with Crippen molar-refractivity contribution < 1.29 is 9.50 Å². The summed E-state index contributed by atoms with van der Waals surface area (Å²) in [6, 6.07) is 6.87. The first kappa shape index (κ1) is 15.8. The van der Waals surface area contributed by atoms with Crippen molar-refractivity contribution in [1.29, 1.82) is 0 Å². The molecule has 1 fully saturated rings. The molecule has 6 heteroatoms. The van der Waals surface area contributed by atoms with E-state index >= 15 is 0 Å². The minimum atomic E-state index is -0.207. The zero-order valence-electron chi connectivity index (χ0n) is 13.0. The summed E-state index contributed by atoms with van der Waals surface area (Å²) in [6.07, 6.45) is 8.02. The summed E-state index contributed by atoms with van der Waals surface area (Å²) in [5.74, 6) is -0.207.